The molecule has 1 heterocycles. The van der Waals surface area contributed by atoms with Gasteiger partial charge in [0.05, 0.1) is 33.4 Å². The highest BCUT2D eigenvalue weighted by atomic mass is 16.5. The Labute approximate surface area is 174 Å². The molecule has 1 aromatic rings. The average molecular weight is 406 g/mol. The van der Waals surface area contributed by atoms with Gasteiger partial charge in [-0.05, 0) is 43.1 Å². The highest BCUT2D eigenvalue weighted by molar-refractivity contribution is 5.86. The fourth-order valence-corrected chi connectivity index (χ4v) is 3.03. The molecule has 0 aliphatic carbocycles. The lowest BCUT2D eigenvalue weighted by Gasteiger charge is -2.26. The predicted molar refractivity (Wildman–Crippen MR) is 115 cm³/mol. The number of hydrogen-bond donors (Lipinski definition) is 2. The second-order valence-electron chi connectivity index (χ2n) is 7.40. The third-order valence-corrected chi connectivity index (χ3v) is 4.72. The van der Waals surface area contributed by atoms with E-state index in [2.05, 4.69) is 26.6 Å². The van der Waals surface area contributed by atoms with Crippen molar-refractivity contribution in [3.63, 3.8) is 0 Å². The van der Waals surface area contributed by atoms with Gasteiger partial charge in [0, 0.05) is 33.7 Å². The largest absolute Gasteiger partial charge is 0.497 e. The zero-order valence-electron chi connectivity index (χ0n) is 18.2. The second kappa shape index (κ2) is 12.3. The van der Waals surface area contributed by atoms with Gasteiger partial charge in [0.2, 0.25) is 5.91 Å². The fourth-order valence-electron chi connectivity index (χ4n) is 3.03. The van der Waals surface area contributed by atoms with Gasteiger partial charge in [-0.25, -0.2) is 4.99 Å². The topological polar surface area (TPSA) is 78.4 Å². The molecule has 1 aliphatic rings. The summed E-state index contributed by atoms with van der Waals surface area (Å²) >= 11 is 0. The van der Waals surface area contributed by atoms with Gasteiger partial charge in [-0.3, -0.25) is 9.69 Å². The first kappa shape index (κ1) is 23.0. The Morgan fingerprint density at radius 1 is 1.24 bits per heavy atom. The van der Waals surface area contributed by atoms with Crippen LogP contribution in [-0.2, 0) is 16.1 Å². The maximum absolute atomic E-state index is 11.9. The van der Waals surface area contributed by atoms with Crippen LogP contribution in [0.25, 0.3) is 0 Å². The summed E-state index contributed by atoms with van der Waals surface area (Å²) in [6, 6.07) is 6.07. The number of carbonyl (C=O) groups excluding carboxylic acids is 1. The summed E-state index contributed by atoms with van der Waals surface area (Å²) < 4.78 is 10.7. The molecule has 0 aromatic heterocycles. The number of methoxy groups -OCH3 is 1. The third kappa shape index (κ3) is 8.70. The van der Waals surface area contributed by atoms with E-state index in [1.54, 1.807) is 26.1 Å². The molecular weight excluding hydrogens is 370 g/mol. The van der Waals surface area contributed by atoms with Crippen molar-refractivity contribution < 1.29 is 14.3 Å². The quantitative estimate of drug-likeness (QED) is 0.360. The Hall–Kier alpha value is -2.32. The van der Waals surface area contributed by atoms with Crippen LogP contribution in [0.3, 0.4) is 0 Å². The number of morpholine rings is 1. The van der Waals surface area contributed by atoms with Crippen LogP contribution < -0.4 is 15.4 Å². The summed E-state index contributed by atoms with van der Waals surface area (Å²) in [5.74, 6) is 1.47. The number of aryl methyl sites for hydroxylation is 1. The van der Waals surface area contributed by atoms with Gasteiger partial charge in [-0.2, -0.15) is 0 Å². The number of guanidine groups is 1. The van der Waals surface area contributed by atoms with E-state index in [1.807, 2.05) is 19.1 Å². The van der Waals surface area contributed by atoms with Crippen LogP contribution in [0.2, 0.25) is 0 Å². The molecular formula is C21H35N5O3. The van der Waals surface area contributed by atoms with Crippen molar-refractivity contribution >= 4 is 11.9 Å². The lowest BCUT2D eigenvalue weighted by atomic mass is 10.1. The zero-order valence-corrected chi connectivity index (χ0v) is 18.2. The number of aliphatic imine (C=N–C) groups is 1. The molecule has 0 radical (unpaired) electrons. The molecule has 0 bridgehead atoms. The molecule has 0 saturated carbocycles. The summed E-state index contributed by atoms with van der Waals surface area (Å²) in [6.45, 7) is 8.17. The molecule has 1 saturated heterocycles. The van der Waals surface area contributed by atoms with Crippen molar-refractivity contribution in [2.24, 2.45) is 4.99 Å². The van der Waals surface area contributed by atoms with Crippen molar-refractivity contribution in [3.8, 4) is 5.75 Å². The molecule has 0 spiro atoms. The first-order chi connectivity index (χ1) is 14.0. The molecule has 1 aromatic carbocycles. The molecule has 29 heavy (non-hydrogen) atoms. The molecule has 2 rings (SSSR count). The maximum atomic E-state index is 11.9. The second-order valence-corrected chi connectivity index (χ2v) is 7.40. The number of carbonyl (C=O) groups is 1. The van der Waals surface area contributed by atoms with Gasteiger partial charge in [0.1, 0.15) is 5.75 Å². The average Bonchev–Trinajstić information content (AvgIpc) is 2.72. The minimum Gasteiger partial charge on any atom is -0.497 e. The van der Waals surface area contributed by atoms with E-state index in [0.29, 0.717) is 12.5 Å². The molecule has 8 heteroatoms. The number of nitrogens with one attached hydrogen (secondary N) is 2. The molecule has 0 unspecified atom stereocenters. The number of hydrogen-bond acceptors (Lipinski definition) is 5. The Kier molecular flexibility index (Phi) is 9.73. The Morgan fingerprint density at radius 3 is 2.69 bits per heavy atom. The normalized spacial score (nSPS) is 15.1. The van der Waals surface area contributed by atoms with Crippen LogP contribution in [-0.4, -0.2) is 88.8 Å². The molecule has 1 aliphatic heterocycles. The Balaban J connectivity index is 1.91. The number of likely N-dealkylation sites (N-methyl/N-ethyl adjacent to an activating group) is 1. The summed E-state index contributed by atoms with van der Waals surface area (Å²) in [6.07, 6.45) is 1.00. The first-order valence-electron chi connectivity index (χ1n) is 10.1. The Morgan fingerprint density at radius 2 is 2.00 bits per heavy atom. The minimum atomic E-state index is 0.00467. The number of rotatable bonds is 9. The molecule has 0 atom stereocenters. The first-order valence-corrected chi connectivity index (χ1v) is 10.1. The smallest absolute Gasteiger partial charge is 0.241 e. The maximum Gasteiger partial charge on any atom is 0.241 e. The fraction of sp³-hybridized carbons (Fsp3) is 0.619. The number of nitrogens with zero attached hydrogens (tertiary/aromatic N) is 3. The van der Waals surface area contributed by atoms with Gasteiger partial charge >= 0.3 is 0 Å². The van der Waals surface area contributed by atoms with E-state index in [-0.39, 0.29) is 12.5 Å². The monoisotopic (exact) mass is 405 g/mol. The standard InChI is InChI=1S/C21H35N5O3/c1-17-12-18(14-19(13-17)28-4)15-23-21(24-16-20(27)25(2)3)22-6-5-7-26-8-10-29-11-9-26/h12-14H,5-11,15-16H2,1-4H3,(H2,22,23,24). The van der Waals surface area contributed by atoms with E-state index in [0.717, 1.165) is 62.7 Å². The minimum absolute atomic E-state index is 0.00467. The number of amides is 1. The number of benzene rings is 1. The highest BCUT2D eigenvalue weighted by Gasteiger charge is 2.10. The molecule has 1 fully saturated rings. The third-order valence-electron chi connectivity index (χ3n) is 4.72. The summed E-state index contributed by atoms with van der Waals surface area (Å²) in [4.78, 5) is 20.6. The van der Waals surface area contributed by atoms with E-state index in [4.69, 9.17) is 9.47 Å². The van der Waals surface area contributed by atoms with E-state index >= 15 is 0 Å². The van der Waals surface area contributed by atoms with Gasteiger partial charge in [-0.1, -0.05) is 6.07 Å². The van der Waals surface area contributed by atoms with Crippen LogP contribution in [0.5, 0.6) is 5.75 Å². The van der Waals surface area contributed by atoms with Crippen molar-refractivity contribution in [1.82, 2.24) is 20.4 Å². The predicted octanol–water partition coefficient (Wildman–Crippen LogP) is 0.849. The lowest BCUT2D eigenvalue weighted by molar-refractivity contribution is -0.127. The number of ether oxygens (including phenoxy) is 2. The van der Waals surface area contributed by atoms with Crippen molar-refractivity contribution in [2.45, 2.75) is 19.9 Å². The van der Waals surface area contributed by atoms with E-state index in [9.17, 15) is 4.79 Å². The molecule has 8 nitrogen and oxygen atoms in total. The van der Waals surface area contributed by atoms with Crippen molar-refractivity contribution in [1.29, 1.82) is 0 Å². The van der Waals surface area contributed by atoms with Gasteiger partial charge in [0.25, 0.3) is 0 Å². The van der Waals surface area contributed by atoms with Crippen LogP contribution in [0.4, 0.5) is 0 Å². The van der Waals surface area contributed by atoms with Gasteiger partial charge in [0.15, 0.2) is 5.96 Å². The van der Waals surface area contributed by atoms with Crippen LogP contribution in [0, 0.1) is 6.92 Å². The Bertz CT molecular complexity index is 672. The SMILES string of the molecule is COc1cc(C)cc(CN=C(NCCCN2CCOCC2)NCC(=O)N(C)C)c1. The van der Waals surface area contributed by atoms with Crippen LogP contribution in [0.15, 0.2) is 23.2 Å². The zero-order chi connectivity index (χ0) is 21.1. The van der Waals surface area contributed by atoms with Gasteiger partial charge < -0.3 is 25.0 Å². The molecule has 1 amide bonds. The van der Waals surface area contributed by atoms with E-state index in [1.165, 1.54) is 0 Å². The van der Waals surface area contributed by atoms with Crippen LogP contribution in [0.1, 0.15) is 17.5 Å². The van der Waals surface area contributed by atoms with Gasteiger partial charge in [-0.15, -0.1) is 0 Å². The molecule has 162 valence electrons. The summed E-state index contributed by atoms with van der Waals surface area (Å²) in [7, 11) is 5.16. The van der Waals surface area contributed by atoms with Crippen molar-refractivity contribution in [2.75, 3.05) is 67.1 Å². The summed E-state index contributed by atoms with van der Waals surface area (Å²) in [5.41, 5.74) is 2.19. The van der Waals surface area contributed by atoms with Crippen molar-refractivity contribution in [3.05, 3.63) is 29.3 Å². The molecule has 2 N–H and O–H groups in total. The lowest BCUT2D eigenvalue weighted by Crippen LogP contribution is -2.44. The highest BCUT2D eigenvalue weighted by Crippen LogP contribution is 2.16. The van der Waals surface area contributed by atoms with Crippen LogP contribution >= 0.6 is 0 Å². The van der Waals surface area contributed by atoms with E-state index < -0.39 is 0 Å². The summed E-state index contributed by atoms with van der Waals surface area (Å²) in [5, 5.41) is 6.48.